The average molecular weight is 201 g/mol. The molecule has 0 saturated heterocycles. The van der Waals surface area contributed by atoms with Crippen molar-refractivity contribution >= 4 is 6.21 Å². The molecule has 0 spiro atoms. The normalized spacial score (nSPS) is 32.1. The van der Waals surface area contributed by atoms with Crippen LogP contribution >= 0.6 is 0 Å². The lowest BCUT2D eigenvalue weighted by Gasteiger charge is -2.59. The van der Waals surface area contributed by atoms with Crippen LogP contribution in [0.25, 0.3) is 0 Å². The Balaban J connectivity index is 1.47. The second-order valence-corrected chi connectivity index (χ2v) is 4.83. The van der Waals surface area contributed by atoms with Crippen molar-refractivity contribution in [3.05, 3.63) is 35.9 Å². The van der Waals surface area contributed by atoms with Gasteiger partial charge in [-0.2, -0.15) is 0 Å². The van der Waals surface area contributed by atoms with Crippen molar-refractivity contribution in [2.75, 3.05) is 0 Å². The molecule has 2 bridgehead atoms. The van der Waals surface area contributed by atoms with Gasteiger partial charge in [0.25, 0.3) is 0 Å². The van der Waals surface area contributed by atoms with Crippen LogP contribution in [0.15, 0.2) is 35.5 Å². The molecule has 0 atom stereocenters. The predicted octanol–water partition coefficient (Wildman–Crippen LogP) is 2.99. The third-order valence-electron chi connectivity index (χ3n) is 3.56. The van der Waals surface area contributed by atoms with Crippen LogP contribution < -0.4 is 0 Å². The van der Waals surface area contributed by atoms with E-state index in [1.54, 1.807) is 0 Å². The fourth-order valence-electron chi connectivity index (χ4n) is 2.54. The van der Waals surface area contributed by atoms with Gasteiger partial charge in [0.1, 0.15) is 6.61 Å². The summed E-state index contributed by atoms with van der Waals surface area (Å²) in [6.45, 7) is 0.580. The minimum absolute atomic E-state index is 0.446. The van der Waals surface area contributed by atoms with Gasteiger partial charge in [-0.1, -0.05) is 35.5 Å². The Kier molecular flexibility index (Phi) is 2.01. The summed E-state index contributed by atoms with van der Waals surface area (Å²) in [4.78, 5) is 5.29. The van der Waals surface area contributed by atoms with E-state index in [0.717, 1.165) is 5.92 Å². The monoisotopic (exact) mass is 201 g/mol. The number of benzene rings is 1. The Morgan fingerprint density at radius 2 is 2.00 bits per heavy atom. The summed E-state index contributed by atoms with van der Waals surface area (Å²) in [7, 11) is 0. The van der Waals surface area contributed by atoms with Gasteiger partial charge in [-0.05, 0) is 30.7 Å². The van der Waals surface area contributed by atoms with Gasteiger partial charge < -0.3 is 4.84 Å². The van der Waals surface area contributed by atoms with E-state index in [2.05, 4.69) is 17.3 Å². The minimum Gasteiger partial charge on any atom is -0.391 e. The molecule has 78 valence electrons. The zero-order chi connectivity index (χ0) is 10.1. The lowest BCUT2D eigenvalue weighted by atomic mass is 9.45. The zero-order valence-electron chi connectivity index (χ0n) is 8.73. The molecule has 3 aliphatic rings. The first-order chi connectivity index (χ1) is 7.36. The van der Waals surface area contributed by atoms with Crippen molar-refractivity contribution in [1.29, 1.82) is 0 Å². The molecule has 2 heteroatoms. The van der Waals surface area contributed by atoms with Crippen LogP contribution in [0.5, 0.6) is 0 Å². The number of rotatable bonds is 4. The summed E-state index contributed by atoms with van der Waals surface area (Å²) in [6, 6.07) is 10.1. The van der Waals surface area contributed by atoms with E-state index < -0.39 is 0 Å². The van der Waals surface area contributed by atoms with Crippen molar-refractivity contribution in [2.24, 2.45) is 16.5 Å². The molecule has 0 amide bonds. The van der Waals surface area contributed by atoms with Crippen LogP contribution in [0.4, 0.5) is 0 Å². The highest BCUT2D eigenvalue weighted by molar-refractivity contribution is 5.69. The molecule has 0 unspecified atom stereocenters. The van der Waals surface area contributed by atoms with Gasteiger partial charge in [-0.3, -0.25) is 0 Å². The molecule has 0 aromatic heterocycles. The van der Waals surface area contributed by atoms with Crippen LogP contribution in [-0.4, -0.2) is 6.21 Å². The van der Waals surface area contributed by atoms with Crippen molar-refractivity contribution in [2.45, 2.75) is 25.9 Å². The predicted molar refractivity (Wildman–Crippen MR) is 59.5 cm³/mol. The smallest absolute Gasteiger partial charge is 0.142 e. The van der Waals surface area contributed by atoms with Gasteiger partial charge in [0.05, 0.1) is 0 Å². The van der Waals surface area contributed by atoms with Crippen molar-refractivity contribution in [3.8, 4) is 0 Å². The lowest BCUT2D eigenvalue weighted by molar-refractivity contribution is -0.0393. The molecule has 4 rings (SSSR count). The first-order valence-corrected chi connectivity index (χ1v) is 5.57. The lowest BCUT2D eigenvalue weighted by Crippen LogP contribution is -2.52. The Bertz CT molecular complexity index is 354. The van der Waals surface area contributed by atoms with Crippen LogP contribution in [-0.2, 0) is 11.4 Å². The fraction of sp³-hybridized carbons (Fsp3) is 0.462. The van der Waals surface area contributed by atoms with E-state index >= 15 is 0 Å². The van der Waals surface area contributed by atoms with Crippen LogP contribution in [0, 0.1) is 11.3 Å². The summed E-state index contributed by atoms with van der Waals surface area (Å²) >= 11 is 0. The first kappa shape index (κ1) is 8.96. The van der Waals surface area contributed by atoms with Gasteiger partial charge >= 0.3 is 0 Å². The van der Waals surface area contributed by atoms with Crippen molar-refractivity contribution in [1.82, 2.24) is 0 Å². The molecule has 2 nitrogen and oxygen atoms in total. The largest absolute Gasteiger partial charge is 0.391 e. The van der Waals surface area contributed by atoms with Gasteiger partial charge in [0.2, 0.25) is 0 Å². The molecule has 0 heterocycles. The maximum absolute atomic E-state index is 5.29. The van der Waals surface area contributed by atoms with E-state index in [0.29, 0.717) is 12.0 Å². The Morgan fingerprint density at radius 1 is 1.27 bits per heavy atom. The zero-order valence-corrected chi connectivity index (χ0v) is 8.73. The fourth-order valence-corrected chi connectivity index (χ4v) is 2.54. The van der Waals surface area contributed by atoms with Crippen LogP contribution in [0.2, 0.25) is 0 Å². The average Bonchev–Trinajstić information content (AvgIpc) is 2.14. The summed E-state index contributed by atoms with van der Waals surface area (Å²) in [6.07, 6.45) is 6.04. The van der Waals surface area contributed by atoms with E-state index in [9.17, 15) is 0 Å². The highest BCUT2D eigenvalue weighted by Gasteiger charge is 2.55. The standard InChI is InChI=1S/C13H15NO/c1-2-4-11(5-3-1)9-15-14-10-13-6-12(7-13)8-13/h1-5,10,12H,6-9H2/b14-10+. The SMILES string of the molecule is C(=N\OCc1ccccc1)/C12CC(C1)C2. The Morgan fingerprint density at radius 3 is 2.60 bits per heavy atom. The third-order valence-corrected chi connectivity index (χ3v) is 3.56. The summed E-state index contributed by atoms with van der Waals surface area (Å²) in [5.41, 5.74) is 1.62. The first-order valence-electron chi connectivity index (χ1n) is 5.57. The molecular formula is C13H15NO. The number of oxime groups is 1. The number of hydrogen-bond donors (Lipinski definition) is 0. The van der Waals surface area contributed by atoms with Gasteiger partial charge in [-0.25, -0.2) is 0 Å². The van der Waals surface area contributed by atoms with E-state index in [4.69, 9.17) is 4.84 Å². The third kappa shape index (κ3) is 1.65. The van der Waals surface area contributed by atoms with Gasteiger partial charge in [0.15, 0.2) is 0 Å². The second-order valence-electron chi connectivity index (χ2n) is 4.83. The van der Waals surface area contributed by atoms with Crippen LogP contribution in [0.3, 0.4) is 0 Å². The molecule has 3 saturated carbocycles. The van der Waals surface area contributed by atoms with E-state index in [1.165, 1.54) is 24.8 Å². The van der Waals surface area contributed by atoms with Crippen molar-refractivity contribution < 1.29 is 4.84 Å². The molecule has 0 aliphatic heterocycles. The molecule has 15 heavy (non-hydrogen) atoms. The molecular weight excluding hydrogens is 186 g/mol. The quantitative estimate of drug-likeness (QED) is 0.542. The maximum atomic E-state index is 5.29. The highest BCUT2D eigenvalue weighted by Crippen LogP contribution is 2.63. The maximum Gasteiger partial charge on any atom is 0.142 e. The topological polar surface area (TPSA) is 21.6 Å². The van der Waals surface area contributed by atoms with E-state index in [-0.39, 0.29) is 0 Å². The number of hydrogen-bond acceptors (Lipinski definition) is 2. The second kappa shape index (κ2) is 3.37. The number of nitrogens with zero attached hydrogens (tertiary/aromatic N) is 1. The molecule has 1 aromatic carbocycles. The summed E-state index contributed by atoms with van der Waals surface area (Å²) in [5, 5.41) is 4.07. The van der Waals surface area contributed by atoms with Gasteiger partial charge in [-0.15, -0.1) is 0 Å². The Hall–Kier alpha value is -1.31. The van der Waals surface area contributed by atoms with Gasteiger partial charge in [0, 0.05) is 11.6 Å². The highest BCUT2D eigenvalue weighted by atomic mass is 16.6. The summed E-state index contributed by atoms with van der Waals surface area (Å²) < 4.78 is 0. The molecule has 0 radical (unpaired) electrons. The molecule has 0 N–H and O–H groups in total. The van der Waals surface area contributed by atoms with E-state index in [1.807, 2.05) is 24.4 Å². The molecule has 3 fully saturated rings. The van der Waals surface area contributed by atoms with Crippen LogP contribution in [0.1, 0.15) is 24.8 Å². The van der Waals surface area contributed by atoms with Crippen molar-refractivity contribution in [3.63, 3.8) is 0 Å². The molecule has 3 aliphatic carbocycles. The molecule has 1 aromatic rings. The Labute approximate surface area is 89.9 Å². The summed E-state index contributed by atoms with van der Waals surface area (Å²) in [5.74, 6) is 1.01. The minimum atomic E-state index is 0.446.